The third-order valence-corrected chi connectivity index (χ3v) is 7.90. The molecule has 0 spiro atoms. The second kappa shape index (κ2) is 12.4. The number of benzene rings is 1. The van der Waals surface area contributed by atoms with Crippen LogP contribution in [0.25, 0.3) is 0 Å². The molecule has 0 aromatic heterocycles. The number of nitrogens with one attached hydrogen (secondary N) is 2. The molecule has 2 fully saturated rings. The average Bonchev–Trinajstić information content (AvgIpc) is 3.29. The monoisotopic (exact) mass is 563 g/mol. The van der Waals surface area contributed by atoms with Gasteiger partial charge in [-0.25, -0.2) is 13.4 Å². The molecule has 31 heavy (non-hydrogen) atoms. The molecular weight excluding hydrogens is 525 g/mol. The van der Waals surface area contributed by atoms with Crippen molar-refractivity contribution in [3.63, 3.8) is 0 Å². The van der Waals surface area contributed by atoms with Gasteiger partial charge in [-0.15, -0.1) is 24.0 Å². The third-order valence-electron chi connectivity index (χ3n) is 5.99. The molecule has 1 aromatic carbocycles. The maximum atomic E-state index is 12.7. The zero-order chi connectivity index (χ0) is 21.6. The van der Waals surface area contributed by atoms with E-state index in [1.54, 1.807) is 16.4 Å². The summed E-state index contributed by atoms with van der Waals surface area (Å²) in [6.45, 7) is 11.4. The first-order chi connectivity index (χ1) is 14.4. The predicted octanol–water partition coefficient (Wildman–Crippen LogP) is 3.02. The Labute approximate surface area is 205 Å². The van der Waals surface area contributed by atoms with E-state index in [0.29, 0.717) is 36.6 Å². The van der Waals surface area contributed by atoms with Crippen molar-refractivity contribution < 1.29 is 8.42 Å². The number of halogens is 1. The van der Waals surface area contributed by atoms with Gasteiger partial charge in [0.15, 0.2) is 5.96 Å². The van der Waals surface area contributed by atoms with Crippen LogP contribution in [0.4, 0.5) is 0 Å². The molecule has 2 heterocycles. The van der Waals surface area contributed by atoms with Crippen LogP contribution in [0.5, 0.6) is 0 Å². The molecule has 7 nitrogen and oxygen atoms in total. The Bertz CT molecular complexity index is 800. The highest BCUT2D eigenvalue weighted by atomic mass is 127. The van der Waals surface area contributed by atoms with E-state index in [1.807, 2.05) is 12.1 Å². The van der Waals surface area contributed by atoms with Crippen LogP contribution in [0, 0.1) is 0 Å². The zero-order valence-corrected chi connectivity index (χ0v) is 22.2. The molecule has 0 atom stereocenters. The lowest BCUT2D eigenvalue weighted by Gasteiger charge is -2.35. The molecule has 0 amide bonds. The van der Waals surface area contributed by atoms with Gasteiger partial charge >= 0.3 is 0 Å². The number of rotatable bonds is 7. The summed E-state index contributed by atoms with van der Waals surface area (Å²) in [5.41, 5.74) is 1.00. The van der Waals surface area contributed by atoms with Crippen LogP contribution < -0.4 is 10.6 Å². The molecule has 9 heteroatoms. The highest BCUT2D eigenvalue weighted by Crippen LogP contribution is 2.21. The van der Waals surface area contributed by atoms with Gasteiger partial charge in [0.05, 0.1) is 11.4 Å². The largest absolute Gasteiger partial charge is 0.357 e. The molecule has 1 aromatic rings. The maximum Gasteiger partial charge on any atom is 0.243 e. The van der Waals surface area contributed by atoms with Gasteiger partial charge in [0.25, 0.3) is 0 Å². The molecule has 0 bridgehead atoms. The maximum absolute atomic E-state index is 12.7. The number of nitrogens with zero attached hydrogens (tertiary/aromatic N) is 3. The van der Waals surface area contributed by atoms with Gasteiger partial charge < -0.3 is 15.5 Å². The Kier molecular flexibility index (Phi) is 10.5. The summed E-state index contributed by atoms with van der Waals surface area (Å²) in [4.78, 5) is 7.61. The molecular formula is C22H38IN5O2S. The van der Waals surface area contributed by atoms with Crippen LogP contribution >= 0.6 is 24.0 Å². The van der Waals surface area contributed by atoms with E-state index in [2.05, 4.69) is 36.3 Å². The van der Waals surface area contributed by atoms with Gasteiger partial charge in [0.1, 0.15) is 0 Å². The van der Waals surface area contributed by atoms with Crippen LogP contribution in [-0.2, 0) is 16.6 Å². The average molecular weight is 564 g/mol. The van der Waals surface area contributed by atoms with E-state index in [1.165, 1.54) is 0 Å². The van der Waals surface area contributed by atoms with Crippen molar-refractivity contribution in [1.82, 2.24) is 19.8 Å². The minimum Gasteiger partial charge on any atom is -0.357 e. The molecule has 0 saturated carbocycles. The topological polar surface area (TPSA) is 77.0 Å². The zero-order valence-electron chi connectivity index (χ0n) is 19.0. The minimum absolute atomic E-state index is 0. The summed E-state index contributed by atoms with van der Waals surface area (Å²) in [5, 5.41) is 6.90. The Morgan fingerprint density at radius 1 is 1.10 bits per heavy atom. The number of hydrogen-bond donors (Lipinski definition) is 2. The van der Waals surface area contributed by atoms with Crippen molar-refractivity contribution in [1.29, 1.82) is 0 Å². The number of guanidine groups is 1. The van der Waals surface area contributed by atoms with Gasteiger partial charge in [-0.3, -0.25) is 0 Å². The van der Waals surface area contributed by atoms with E-state index in [0.717, 1.165) is 56.8 Å². The molecule has 2 N–H and O–H groups in total. The van der Waals surface area contributed by atoms with Gasteiger partial charge in [0.2, 0.25) is 10.0 Å². The van der Waals surface area contributed by atoms with Crippen LogP contribution in [0.15, 0.2) is 34.2 Å². The highest BCUT2D eigenvalue weighted by Gasteiger charge is 2.27. The van der Waals surface area contributed by atoms with Crippen LogP contribution in [0.1, 0.15) is 52.0 Å². The van der Waals surface area contributed by atoms with Crippen molar-refractivity contribution in [2.45, 2.75) is 70.0 Å². The summed E-state index contributed by atoms with van der Waals surface area (Å²) in [7, 11) is -3.36. The normalized spacial score (nSPS) is 19.4. The first-order valence-corrected chi connectivity index (χ1v) is 12.7. The first kappa shape index (κ1) is 26.3. The van der Waals surface area contributed by atoms with Crippen molar-refractivity contribution in [2.75, 3.05) is 32.7 Å². The lowest BCUT2D eigenvalue weighted by molar-refractivity contribution is 0.167. The summed E-state index contributed by atoms with van der Waals surface area (Å²) in [5.74, 6) is 0.828. The third kappa shape index (κ3) is 7.30. The lowest BCUT2D eigenvalue weighted by atomic mass is 10.0. The Morgan fingerprint density at radius 3 is 2.26 bits per heavy atom. The van der Waals surface area contributed by atoms with Crippen LogP contribution in [0.2, 0.25) is 0 Å². The molecule has 0 aliphatic carbocycles. The summed E-state index contributed by atoms with van der Waals surface area (Å²) in [6, 6.07) is 8.20. The number of likely N-dealkylation sites (tertiary alicyclic amines) is 1. The number of piperidine rings is 1. The lowest BCUT2D eigenvalue weighted by Crippen LogP contribution is -2.49. The Morgan fingerprint density at radius 2 is 1.71 bits per heavy atom. The second-order valence-corrected chi connectivity index (χ2v) is 10.4. The standard InChI is InChI=1S/C22H37N5O2S.HI/c1-4-23-22(25-20-11-15-26(16-12-20)18(2)3)24-17-19-7-9-21(10-8-19)30(28,29)27-13-5-6-14-27;/h7-10,18,20H,4-6,11-17H2,1-3H3,(H2,23,24,25);1H. The van der Waals surface area contributed by atoms with E-state index in [9.17, 15) is 8.42 Å². The fourth-order valence-electron chi connectivity index (χ4n) is 4.09. The summed E-state index contributed by atoms with van der Waals surface area (Å²) >= 11 is 0. The quantitative estimate of drug-likeness (QED) is 0.303. The van der Waals surface area contributed by atoms with E-state index >= 15 is 0 Å². The number of hydrogen-bond acceptors (Lipinski definition) is 4. The van der Waals surface area contributed by atoms with Gasteiger partial charge in [-0.05, 0) is 64.2 Å². The molecule has 0 unspecified atom stereocenters. The molecule has 2 aliphatic heterocycles. The summed E-state index contributed by atoms with van der Waals surface area (Å²) < 4.78 is 26.9. The van der Waals surface area contributed by atoms with Gasteiger partial charge in [0, 0.05) is 44.8 Å². The minimum atomic E-state index is -3.36. The number of aliphatic imine (C=N–C) groups is 1. The van der Waals surface area contributed by atoms with E-state index in [-0.39, 0.29) is 24.0 Å². The van der Waals surface area contributed by atoms with Crippen LogP contribution in [0.3, 0.4) is 0 Å². The highest BCUT2D eigenvalue weighted by molar-refractivity contribution is 14.0. The Balaban J connectivity index is 0.00000341. The van der Waals surface area contributed by atoms with E-state index in [4.69, 9.17) is 4.99 Å². The summed E-state index contributed by atoms with van der Waals surface area (Å²) in [6.07, 6.45) is 4.13. The number of sulfonamides is 1. The smallest absolute Gasteiger partial charge is 0.243 e. The Hall–Kier alpha value is -0.910. The first-order valence-electron chi connectivity index (χ1n) is 11.3. The second-order valence-electron chi connectivity index (χ2n) is 8.50. The fourth-order valence-corrected chi connectivity index (χ4v) is 5.61. The van der Waals surface area contributed by atoms with Crippen LogP contribution in [-0.4, -0.2) is 68.4 Å². The van der Waals surface area contributed by atoms with E-state index < -0.39 is 10.0 Å². The molecule has 2 saturated heterocycles. The van der Waals surface area contributed by atoms with Crippen molar-refractivity contribution in [3.05, 3.63) is 29.8 Å². The fraction of sp³-hybridized carbons (Fsp3) is 0.682. The molecule has 176 valence electrons. The molecule has 0 radical (unpaired) electrons. The van der Waals surface area contributed by atoms with Gasteiger partial charge in [-0.1, -0.05) is 12.1 Å². The van der Waals surface area contributed by atoms with Crippen molar-refractivity contribution in [3.8, 4) is 0 Å². The molecule has 2 aliphatic rings. The van der Waals surface area contributed by atoms with Crippen molar-refractivity contribution in [2.24, 2.45) is 4.99 Å². The molecule has 3 rings (SSSR count). The van der Waals surface area contributed by atoms with Crippen molar-refractivity contribution >= 4 is 40.0 Å². The SMILES string of the molecule is CCNC(=NCc1ccc(S(=O)(=O)N2CCCC2)cc1)NC1CCN(C(C)C)CC1.I. The van der Waals surface area contributed by atoms with Gasteiger partial charge in [-0.2, -0.15) is 4.31 Å². The predicted molar refractivity (Wildman–Crippen MR) is 138 cm³/mol.